The van der Waals surface area contributed by atoms with Crippen LogP contribution in [0.5, 0.6) is 5.75 Å². The molecule has 0 spiro atoms. The van der Waals surface area contributed by atoms with Gasteiger partial charge in [0.25, 0.3) is 0 Å². The molecule has 0 amide bonds. The van der Waals surface area contributed by atoms with E-state index in [9.17, 15) is 0 Å². The number of methoxy groups -OCH3 is 1. The summed E-state index contributed by atoms with van der Waals surface area (Å²) in [4.78, 5) is 0. The molecule has 2 rings (SSSR count). The first kappa shape index (κ1) is 13.0. The van der Waals surface area contributed by atoms with Crippen molar-refractivity contribution in [1.29, 1.82) is 0 Å². The van der Waals surface area contributed by atoms with Gasteiger partial charge in [0.15, 0.2) is 0 Å². The van der Waals surface area contributed by atoms with Gasteiger partial charge in [0, 0.05) is 18.3 Å². The van der Waals surface area contributed by atoms with Crippen LogP contribution in [0.4, 0.5) is 5.69 Å². The molecular weight excluding hydrogens is 234 g/mol. The fourth-order valence-electron chi connectivity index (χ4n) is 1.85. The molecule has 0 aliphatic rings. The van der Waals surface area contributed by atoms with E-state index >= 15 is 0 Å². The van der Waals surface area contributed by atoms with Gasteiger partial charge in [-0.25, -0.2) is 0 Å². The normalized spacial score (nSPS) is 9.42. The van der Waals surface area contributed by atoms with Crippen LogP contribution in [-0.2, 0) is 0 Å². The first-order chi connectivity index (χ1) is 9.24. The summed E-state index contributed by atoms with van der Waals surface area (Å²) in [6, 6.07) is 13.9. The molecule has 0 aromatic heterocycles. The molecule has 0 fully saturated rings. The molecule has 1 N–H and O–H groups in total. The lowest BCUT2D eigenvalue weighted by atomic mass is 10.1. The number of hydrogen-bond acceptors (Lipinski definition) is 2. The fraction of sp³-hybridized carbons (Fsp3) is 0.176. The molecule has 0 atom stereocenters. The Kier molecular flexibility index (Phi) is 4.10. The van der Waals surface area contributed by atoms with Gasteiger partial charge in [-0.3, -0.25) is 0 Å². The van der Waals surface area contributed by atoms with Crippen LogP contribution in [0, 0.1) is 18.8 Å². The zero-order valence-electron chi connectivity index (χ0n) is 11.4. The Morgan fingerprint density at radius 2 is 1.74 bits per heavy atom. The molecule has 2 heteroatoms. The molecule has 2 aromatic rings. The standard InChI is InChI=1S/C17H17NO/c1-13-5-4-6-17(18-2)16(13)12-9-14-7-10-15(19-3)11-8-14/h4-8,10-11,18H,1-3H3. The van der Waals surface area contributed by atoms with Crippen molar-refractivity contribution in [3.8, 4) is 17.6 Å². The van der Waals surface area contributed by atoms with Crippen molar-refractivity contribution in [2.45, 2.75) is 6.92 Å². The summed E-state index contributed by atoms with van der Waals surface area (Å²) < 4.78 is 5.13. The van der Waals surface area contributed by atoms with E-state index in [0.717, 1.165) is 22.6 Å². The van der Waals surface area contributed by atoms with Crippen LogP contribution in [0.25, 0.3) is 0 Å². The van der Waals surface area contributed by atoms with Gasteiger partial charge in [-0.2, -0.15) is 0 Å². The molecule has 0 heterocycles. The van der Waals surface area contributed by atoms with Crippen molar-refractivity contribution < 1.29 is 4.74 Å². The summed E-state index contributed by atoms with van der Waals surface area (Å²) in [7, 11) is 3.57. The van der Waals surface area contributed by atoms with E-state index in [2.05, 4.69) is 30.1 Å². The van der Waals surface area contributed by atoms with E-state index in [1.165, 1.54) is 5.56 Å². The van der Waals surface area contributed by atoms with E-state index < -0.39 is 0 Å². The third kappa shape index (κ3) is 3.08. The maximum atomic E-state index is 5.13. The summed E-state index contributed by atoms with van der Waals surface area (Å²) in [5.74, 6) is 7.26. The van der Waals surface area contributed by atoms with Crippen LogP contribution in [0.2, 0.25) is 0 Å². The molecule has 0 aliphatic carbocycles. The SMILES string of the molecule is CNc1cccc(C)c1C#Cc1ccc(OC)cc1. The van der Waals surface area contributed by atoms with Crippen molar-refractivity contribution in [3.05, 3.63) is 59.2 Å². The summed E-state index contributed by atoms with van der Waals surface area (Å²) in [6.45, 7) is 2.07. The Bertz CT molecular complexity index is 618. The van der Waals surface area contributed by atoms with Gasteiger partial charge in [0.1, 0.15) is 5.75 Å². The second-order valence-electron chi connectivity index (χ2n) is 4.23. The number of aryl methyl sites for hydroxylation is 1. The van der Waals surface area contributed by atoms with Crippen molar-refractivity contribution in [1.82, 2.24) is 0 Å². The molecule has 0 aliphatic heterocycles. The first-order valence-electron chi connectivity index (χ1n) is 6.18. The Hall–Kier alpha value is -2.40. The highest BCUT2D eigenvalue weighted by molar-refractivity contribution is 5.63. The van der Waals surface area contributed by atoms with E-state index in [1.54, 1.807) is 7.11 Å². The molecule has 0 bridgehead atoms. The van der Waals surface area contributed by atoms with Gasteiger partial charge >= 0.3 is 0 Å². The van der Waals surface area contributed by atoms with Gasteiger partial charge in [0.2, 0.25) is 0 Å². The van der Waals surface area contributed by atoms with Gasteiger partial charge < -0.3 is 10.1 Å². The number of ether oxygens (including phenoxy) is 1. The Balaban J connectivity index is 2.33. The highest BCUT2D eigenvalue weighted by Crippen LogP contribution is 2.18. The van der Waals surface area contributed by atoms with E-state index in [4.69, 9.17) is 4.74 Å². The lowest BCUT2D eigenvalue weighted by Gasteiger charge is -2.05. The summed E-state index contributed by atoms with van der Waals surface area (Å²) in [5, 5.41) is 3.17. The number of rotatable bonds is 2. The summed E-state index contributed by atoms with van der Waals surface area (Å²) in [5.41, 5.74) is 4.25. The van der Waals surface area contributed by atoms with Crippen LogP contribution in [0.1, 0.15) is 16.7 Å². The predicted molar refractivity (Wildman–Crippen MR) is 79.7 cm³/mol. The van der Waals surface area contributed by atoms with Crippen molar-refractivity contribution in [2.75, 3.05) is 19.5 Å². The number of benzene rings is 2. The average Bonchev–Trinajstić information content (AvgIpc) is 2.46. The second-order valence-corrected chi connectivity index (χ2v) is 4.23. The lowest BCUT2D eigenvalue weighted by Crippen LogP contribution is -1.94. The van der Waals surface area contributed by atoms with Crippen LogP contribution in [0.3, 0.4) is 0 Å². The minimum absolute atomic E-state index is 0.845. The summed E-state index contributed by atoms with van der Waals surface area (Å²) >= 11 is 0. The number of hydrogen-bond donors (Lipinski definition) is 1. The monoisotopic (exact) mass is 251 g/mol. The molecular formula is C17H17NO. The van der Waals surface area contributed by atoms with Gasteiger partial charge in [-0.05, 0) is 42.8 Å². The largest absolute Gasteiger partial charge is 0.497 e. The minimum atomic E-state index is 0.845. The van der Waals surface area contributed by atoms with E-state index in [-0.39, 0.29) is 0 Å². The summed E-state index contributed by atoms with van der Waals surface area (Å²) in [6.07, 6.45) is 0. The van der Waals surface area contributed by atoms with E-state index in [0.29, 0.717) is 0 Å². The van der Waals surface area contributed by atoms with Crippen LogP contribution in [0.15, 0.2) is 42.5 Å². The van der Waals surface area contributed by atoms with Gasteiger partial charge in [0.05, 0.1) is 12.7 Å². The highest BCUT2D eigenvalue weighted by atomic mass is 16.5. The zero-order valence-corrected chi connectivity index (χ0v) is 11.4. The highest BCUT2D eigenvalue weighted by Gasteiger charge is 2.00. The predicted octanol–water partition coefficient (Wildman–Crippen LogP) is 3.45. The molecule has 0 saturated heterocycles. The average molecular weight is 251 g/mol. The quantitative estimate of drug-likeness (QED) is 0.825. The smallest absolute Gasteiger partial charge is 0.118 e. The Morgan fingerprint density at radius 3 is 2.37 bits per heavy atom. The fourth-order valence-corrected chi connectivity index (χ4v) is 1.85. The van der Waals surface area contributed by atoms with E-state index in [1.807, 2.05) is 43.4 Å². The van der Waals surface area contributed by atoms with Crippen LogP contribution in [-0.4, -0.2) is 14.2 Å². The third-order valence-corrected chi connectivity index (χ3v) is 2.96. The number of anilines is 1. The maximum absolute atomic E-state index is 5.13. The van der Waals surface area contributed by atoms with Gasteiger partial charge in [-0.1, -0.05) is 24.0 Å². The molecule has 2 nitrogen and oxygen atoms in total. The van der Waals surface area contributed by atoms with Crippen molar-refractivity contribution in [2.24, 2.45) is 0 Å². The molecule has 0 saturated carbocycles. The topological polar surface area (TPSA) is 21.3 Å². The molecule has 96 valence electrons. The lowest BCUT2D eigenvalue weighted by molar-refractivity contribution is 0.415. The Labute approximate surface area is 114 Å². The van der Waals surface area contributed by atoms with Crippen molar-refractivity contribution >= 4 is 5.69 Å². The van der Waals surface area contributed by atoms with Crippen molar-refractivity contribution in [3.63, 3.8) is 0 Å². The first-order valence-corrected chi connectivity index (χ1v) is 6.18. The molecule has 19 heavy (non-hydrogen) atoms. The van der Waals surface area contributed by atoms with Crippen LogP contribution < -0.4 is 10.1 Å². The maximum Gasteiger partial charge on any atom is 0.118 e. The second kappa shape index (κ2) is 5.97. The molecule has 0 unspecified atom stereocenters. The number of nitrogens with one attached hydrogen (secondary N) is 1. The van der Waals surface area contributed by atoms with Crippen LogP contribution >= 0.6 is 0 Å². The van der Waals surface area contributed by atoms with Gasteiger partial charge in [-0.15, -0.1) is 0 Å². The Morgan fingerprint density at radius 1 is 1.00 bits per heavy atom. The molecule has 2 aromatic carbocycles. The minimum Gasteiger partial charge on any atom is -0.497 e. The molecule has 0 radical (unpaired) electrons. The third-order valence-electron chi connectivity index (χ3n) is 2.96. The zero-order chi connectivity index (χ0) is 13.7.